The monoisotopic (exact) mass is 251 g/mol. The van der Waals surface area contributed by atoms with E-state index in [1.165, 1.54) is 0 Å². The molecular formula is C13H17NO4. The van der Waals surface area contributed by atoms with Gasteiger partial charge in [0.2, 0.25) is 0 Å². The second-order valence-electron chi connectivity index (χ2n) is 3.82. The summed E-state index contributed by atoms with van der Waals surface area (Å²) < 4.78 is 4.87. The third kappa shape index (κ3) is 4.45. The Morgan fingerprint density at radius 3 is 2.56 bits per heavy atom. The molecule has 18 heavy (non-hydrogen) atoms. The summed E-state index contributed by atoms with van der Waals surface area (Å²) in [5, 5.41) is 11.4. The van der Waals surface area contributed by atoms with E-state index in [2.05, 4.69) is 5.32 Å². The number of unbranched alkanes of at least 4 members (excludes halogenated alkanes) is 1. The molecule has 5 heteroatoms. The Hall–Kier alpha value is -2.04. The first-order chi connectivity index (χ1) is 8.65. The average molecular weight is 251 g/mol. The molecule has 5 nitrogen and oxygen atoms in total. The zero-order valence-corrected chi connectivity index (χ0v) is 10.3. The molecule has 0 aliphatic carbocycles. The summed E-state index contributed by atoms with van der Waals surface area (Å²) in [6.07, 6.45) is 0.963. The van der Waals surface area contributed by atoms with E-state index in [0.717, 1.165) is 12.8 Å². The molecule has 1 rings (SSSR count). The van der Waals surface area contributed by atoms with Crippen molar-refractivity contribution in [3.63, 3.8) is 0 Å². The number of carbonyl (C=O) groups excluding carboxylic acids is 1. The van der Waals surface area contributed by atoms with Crippen LogP contribution in [0.5, 0.6) is 0 Å². The number of carbonyl (C=O) groups is 2. The van der Waals surface area contributed by atoms with Crippen LogP contribution in [0.2, 0.25) is 0 Å². The van der Waals surface area contributed by atoms with Gasteiger partial charge in [0.1, 0.15) is 0 Å². The number of carboxylic acid groups (broad SMARTS) is 1. The van der Waals surface area contributed by atoms with Gasteiger partial charge in [0.15, 0.2) is 6.04 Å². The van der Waals surface area contributed by atoms with E-state index in [1.54, 1.807) is 30.3 Å². The second-order valence-corrected chi connectivity index (χ2v) is 3.82. The maximum atomic E-state index is 11.4. The lowest BCUT2D eigenvalue weighted by molar-refractivity contribution is -0.139. The van der Waals surface area contributed by atoms with Crippen LogP contribution >= 0.6 is 0 Å². The first-order valence-corrected chi connectivity index (χ1v) is 5.86. The van der Waals surface area contributed by atoms with E-state index < -0.39 is 18.1 Å². The highest BCUT2D eigenvalue weighted by atomic mass is 16.5. The van der Waals surface area contributed by atoms with Crippen LogP contribution in [0.3, 0.4) is 0 Å². The van der Waals surface area contributed by atoms with E-state index >= 15 is 0 Å². The molecule has 0 saturated carbocycles. The van der Waals surface area contributed by atoms with E-state index in [-0.39, 0.29) is 0 Å². The van der Waals surface area contributed by atoms with E-state index in [1.807, 2.05) is 6.92 Å². The number of alkyl carbamates (subject to hydrolysis) is 1. The van der Waals surface area contributed by atoms with Crippen molar-refractivity contribution in [3.8, 4) is 0 Å². The van der Waals surface area contributed by atoms with Gasteiger partial charge in [-0.05, 0) is 12.0 Å². The van der Waals surface area contributed by atoms with Gasteiger partial charge in [0.25, 0.3) is 0 Å². The average Bonchev–Trinajstić information content (AvgIpc) is 2.37. The number of benzene rings is 1. The van der Waals surface area contributed by atoms with Crippen molar-refractivity contribution in [1.29, 1.82) is 0 Å². The SMILES string of the molecule is CCCCOC(=O)N[C@H](C(=O)O)c1ccccc1. The smallest absolute Gasteiger partial charge is 0.408 e. The Bertz CT molecular complexity index is 391. The summed E-state index contributed by atoms with van der Waals surface area (Å²) in [5.41, 5.74) is 0.512. The highest BCUT2D eigenvalue weighted by molar-refractivity contribution is 5.81. The normalized spacial score (nSPS) is 11.6. The van der Waals surface area contributed by atoms with Gasteiger partial charge in [-0.25, -0.2) is 9.59 Å². The van der Waals surface area contributed by atoms with Gasteiger partial charge in [-0.2, -0.15) is 0 Å². The van der Waals surface area contributed by atoms with Gasteiger partial charge in [-0.1, -0.05) is 43.7 Å². The number of rotatable bonds is 6. The van der Waals surface area contributed by atoms with E-state index in [0.29, 0.717) is 12.2 Å². The molecule has 1 aromatic carbocycles. The Morgan fingerprint density at radius 1 is 1.33 bits per heavy atom. The zero-order valence-electron chi connectivity index (χ0n) is 10.3. The molecule has 0 bridgehead atoms. The van der Waals surface area contributed by atoms with Gasteiger partial charge in [0, 0.05) is 0 Å². The lowest BCUT2D eigenvalue weighted by atomic mass is 10.1. The number of amides is 1. The first kappa shape index (κ1) is 14.0. The third-order valence-corrected chi connectivity index (χ3v) is 2.37. The molecule has 0 saturated heterocycles. The molecule has 0 fully saturated rings. The molecule has 0 aliphatic rings. The third-order valence-electron chi connectivity index (χ3n) is 2.37. The molecule has 1 atom stereocenters. The summed E-state index contributed by atoms with van der Waals surface area (Å²) in [5.74, 6) is -1.12. The van der Waals surface area contributed by atoms with Crippen molar-refractivity contribution in [3.05, 3.63) is 35.9 Å². The second kappa shape index (κ2) is 7.32. The highest BCUT2D eigenvalue weighted by Crippen LogP contribution is 2.12. The lowest BCUT2D eigenvalue weighted by Gasteiger charge is -2.14. The summed E-state index contributed by atoms with van der Waals surface area (Å²) in [7, 11) is 0. The Labute approximate surface area is 106 Å². The molecule has 98 valence electrons. The van der Waals surface area contributed by atoms with Gasteiger partial charge >= 0.3 is 12.1 Å². The van der Waals surface area contributed by atoms with Crippen LogP contribution in [0.25, 0.3) is 0 Å². The topological polar surface area (TPSA) is 75.6 Å². The lowest BCUT2D eigenvalue weighted by Crippen LogP contribution is -2.34. The van der Waals surface area contributed by atoms with Crippen LogP contribution < -0.4 is 5.32 Å². The predicted molar refractivity (Wildman–Crippen MR) is 66.2 cm³/mol. The number of nitrogens with one attached hydrogen (secondary N) is 1. The van der Waals surface area contributed by atoms with Gasteiger partial charge in [-0.3, -0.25) is 0 Å². The molecule has 0 unspecified atom stereocenters. The van der Waals surface area contributed by atoms with Crippen LogP contribution in [0.15, 0.2) is 30.3 Å². The van der Waals surface area contributed by atoms with Gasteiger partial charge < -0.3 is 15.2 Å². The molecule has 0 aromatic heterocycles. The van der Waals surface area contributed by atoms with E-state index in [4.69, 9.17) is 9.84 Å². The molecule has 0 heterocycles. The highest BCUT2D eigenvalue weighted by Gasteiger charge is 2.22. The van der Waals surface area contributed by atoms with Crippen molar-refractivity contribution < 1.29 is 19.4 Å². The summed E-state index contributed by atoms with van der Waals surface area (Å²) in [4.78, 5) is 22.5. The fraction of sp³-hybridized carbons (Fsp3) is 0.385. The molecule has 2 N–H and O–H groups in total. The number of hydrogen-bond acceptors (Lipinski definition) is 3. The zero-order chi connectivity index (χ0) is 13.4. The summed E-state index contributed by atoms with van der Waals surface area (Å²) >= 11 is 0. The molecular weight excluding hydrogens is 234 g/mol. The molecule has 1 aromatic rings. The number of aliphatic carboxylic acids is 1. The van der Waals surface area contributed by atoms with Crippen molar-refractivity contribution in [2.75, 3.05) is 6.61 Å². The minimum Gasteiger partial charge on any atom is -0.479 e. The van der Waals surface area contributed by atoms with Gasteiger partial charge in [-0.15, -0.1) is 0 Å². The standard InChI is InChI=1S/C13H17NO4/c1-2-3-9-18-13(17)14-11(12(15)16)10-7-5-4-6-8-10/h4-8,11H,2-3,9H2,1H3,(H,14,17)(H,15,16)/t11-/m0/s1. The quantitative estimate of drug-likeness (QED) is 0.761. The van der Waals surface area contributed by atoms with Gasteiger partial charge in [0.05, 0.1) is 6.61 Å². The Kier molecular flexibility index (Phi) is 5.70. The van der Waals surface area contributed by atoms with E-state index in [9.17, 15) is 9.59 Å². The Balaban J connectivity index is 2.59. The number of carboxylic acids is 1. The van der Waals surface area contributed by atoms with Crippen molar-refractivity contribution in [2.45, 2.75) is 25.8 Å². The summed E-state index contributed by atoms with van der Waals surface area (Å²) in [6.45, 7) is 2.27. The molecule has 0 radical (unpaired) electrons. The number of ether oxygens (including phenoxy) is 1. The van der Waals surface area contributed by atoms with Crippen molar-refractivity contribution >= 4 is 12.1 Å². The van der Waals surface area contributed by atoms with Crippen molar-refractivity contribution in [2.24, 2.45) is 0 Å². The predicted octanol–water partition coefficient (Wildman–Crippen LogP) is 2.34. The minimum atomic E-state index is -1.12. The molecule has 1 amide bonds. The molecule has 0 spiro atoms. The van der Waals surface area contributed by atoms with Crippen molar-refractivity contribution in [1.82, 2.24) is 5.32 Å². The number of hydrogen-bond donors (Lipinski definition) is 2. The fourth-order valence-corrected chi connectivity index (χ4v) is 1.40. The van der Waals surface area contributed by atoms with Crippen LogP contribution in [-0.2, 0) is 9.53 Å². The maximum absolute atomic E-state index is 11.4. The fourth-order valence-electron chi connectivity index (χ4n) is 1.40. The summed E-state index contributed by atoms with van der Waals surface area (Å²) in [6, 6.07) is 7.42. The Morgan fingerprint density at radius 2 is 2.00 bits per heavy atom. The van der Waals surface area contributed by atoms with Crippen LogP contribution in [0.1, 0.15) is 31.4 Å². The first-order valence-electron chi connectivity index (χ1n) is 5.86. The largest absolute Gasteiger partial charge is 0.479 e. The van der Waals surface area contributed by atoms with Crippen LogP contribution in [0.4, 0.5) is 4.79 Å². The molecule has 0 aliphatic heterocycles. The van der Waals surface area contributed by atoms with Crippen LogP contribution in [-0.4, -0.2) is 23.8 Å². The minimum absolute atomic E-state index is 0.295. The maximum Gasteiger partial charge on any atom is 0.408 e. The van der Waals surface area contributed by atoms with Crippen LogP contribution in [0, 0.1) is 0 Å².